The summed E-state index contributed by atoms with van der Waals surface area (Å²) in [6.07, 6.45) is 3.40. The summed E-state index contributed by atoms with van der Waals surface area (Å²) < 4.78 is 0. The van der Waals surface area contributed by atoms with E-state index in [-0.39, 0.29) is 17.4 Å². The third-order valence-electron chi connectivity index (χ3n) is 5.45. The van der Waals surface area contributed by atoms with Crippen LogP contribution in [0.4, 0.5) is 0 Å². The van der Waals surface area contributed by atoms with Gasteiger partial charge in [0.1, 0.15) is 0 Å². The van der Waals surface area contributed by atoms with Crippen molar-refractivity contribution in [2.45, 2.75) is 31.2 Å². The molecule has 0 unspecified atom stereocenters. The Morgan fingerprint density at radius 3 is 2.48 bits per heavy atom. The normalized spacial score (nSPS) is 19.7. The summed E-state index contributed by atoms with van der Waals surface area (Å²) in [6.45, 7) is 2.18. The van der Waals surface area contributed by atoms with Crippen LogP contribution < -0.4 is 5.73 Å². The summed E-state index contributed by atoms with van der Waals surface area (Å²) in [5, 5.41) is 7.91. The number of hydrogen-bond donors (Lipinski definition) is 2. The van der Waals surface area contributed by atoms with Gasteiger partial charge in [-0.3, -0.25) is 14.7 Å². The number of piperazine rings is 1. The zero-order valence-electron chi connectivity index (χ0n) is 14.2. The maximum Gasteiger partial charge on any atom is 0.275 e. The lowest BCUT2D eigenvalue weighted by Crippen LogP contribution is -2.55. The fourth-order valence-corrected chi connectivity index (χ4v) is 3.66. The van der Waals surface area contributed by atoms with Crippen LogP contribution in [0.5, 0.6) is 0 Å². The van der Waals surface area contributed by atoms with Crippen molar-refractivity contribution in [2.24, 2.45) is 5.73 Å². The number of amides is 2. The van der Waals surface area contributed by atoms with Crippen molar-refractivity contribution in [2.75, 3.05) is 26.2 Å². The van der Waals surface area contributed by atoms with Gasteiger partial charge in [0.05, 0.1) is 5.52 Å². The van der Waals surface area contributed by atoms with Crippen LogP contribution in [0.2, 0.25) is 0 Å². The highest BCUT2D eigenvalue weighted by molar-refractivity contribution is 6.04. The Labute approximate surface area is 146 Å². The number of hydrogen-bond acceptors (Lipinski definition) is 4. The van der Waals surface area contributed by atoms with Crippen LogP contribution in [0.1, 0.15) is 36.2 Å². The molecule has 1 aliphatic carbocycles. The van der Waals surface area contributed by atoms with Gasteiger partial charge in [-0.1, -0.05) is 18.2 Å². The smallest absolute Gasteiger partial charge is 0.275 e. The Kier molecular flexibility index (Phi) is 3.95. The molecule has 7 nitrogen and oxygen atoms in total. The molecule has 0 atom stereocenters. The first-order valence-electron chi connectivity index (χ1n) is 8.85. The second-order valence-corrected chi connectivity index (χ2v) is 7.18. The van der Waals surface area contributed by atoms with Crippen LogP contribution in [-0.4, -0.2) is 63.5 Å². The van der Waals surface area contributed by atoms with Crippen LogP contribution >= 0.6 is 0 Å². The number of aromatic amines is 1. The van der Waals surface area contributed by atoms with Crippen molar-refractivity contribution in [1.82, 2.24) is 20.0 Å². The van der Waals surface area contributed by atoms with E-state index in [1.165, 1.54) is 0 Å². The van der Waals surface area contributed by atoms with Crippen molar-refractivity contribution in [3.05, 3.63) is 30.0 Å². The number of nitrogens with zero attached hydrogens (tertiary/aromatic N) is 3. The zero-order valence-corrected chi connectivity index (χ0v) is 14.2. The van der Waals surface area contributed by atoms with Crippen molar-refractivity contribution in [3.8, 4) is 0 Å². The van der Waals surface area contributed by atoms with E-state index in [9.17, 15) is 9.59 Å². The lowest BCUT2D eigenvalue weighted by atomic mass is 9.75. The molecule has 1 aromatic heterocycles. The van der Waals surface area contributed by atoms with Crippen molar-refractivity contribution in [3.63, 3.8) is 0 Å². The molecule has 7 heteroatoms. The second kappa shape index (κ2) is 6.15. The number of nitrogens with two attached hydrogens (primary N) is 1. The lowest BCUT2D eigenvalue weighted by molar-refractivity contribution is -0.134. The number of H-pyrrole nitrogens is 1. The summed E-state index contributed by atoms with van der Waals surface area (Å²) >= 11 is 0. The Morgan fingerprint density at radius 2 is 1.80 bits per heavy atom. The summed E-state index contributed by atoms with van der Waals surface area (Å²) in [6, 6.07) is 7.60. The quantitative estimate of drug-likeness (QED) is 0.874. The van der Waals surface area contributed by atoms with Crippen molar-refractivity contribution < 1.29 is 9.59 Å². The molecule has 0 bridgehead atoms. The lowest BCUT2D eigenvalue weighted by Gasteiger charge is -2.40. The van der Waals surface area contributed by atoms with E-state index in [0.717, 1.165) is 30.2 Å². The van der Waals surface area contributed by atoms with Crippen LogP contribution in [0.15, 0.2) is 24.3 Å². The molecule has 1 aliphatic heterocycles. The number of carbonyl (C=O) groups is 2. The van der Waals surface area contributed by atoms with Gasteiger partial charge >= 0.3 is 0 Å². The second-order valence-electron chi connectivity index (χ2n) is 7.18. The summed E-state index contributed by atoms with van der Waals surface area (Å²) in [5.74, 6) is 0.0263. The highest BCUT2D eigenvalue weighted by Gasteiger charge is 2.37. The van der Waals surface area contributed by atoms with Gasteiger partial charge in [-0.15, -0.1) is 0 Å². The number of aromatic nitrogens is 2. The first-order valence-corrected chi connectivity index (χ1v) is 8.85. The first kappa shape index (κ1) is 16.1. The van der Waals surface area contributed by atoms with E-state index in [4.69, 9.17) is 5.73 Å². The Hall–Kier alpha value is -2.41. The predicted molar refractivity (Wildman–Crippen MR) is 94.0 cm³/mol. The van der Waals surface area contributed by atoms with Crippen molar-refractivity contribution >= 4 is 22.7 Å². The minimum absolute atomic E-state index is 0.0844. The molecule has 2 heterocycles. The molecular formula is C18H23N5O2. The Balaban J connectivity index is 1.38. The molecule has 2 aliphatic rings. The maximum atomic E-state index is 12.8. The van der Waals surface area contributed by atoms with E-state index >= 15 is 0 Å². The van der Waals surface area contributed by atoms with Gasteiger partial charge in [0.25, 0.3) is 5.91 Å². The van der Waals surface area contributed by atoms with Gasteiger partial charge in [-0.25, -0.2) is 0 Å². The molecule has 1 saturated carbocycles. The third-order valence-corrected chi connectivity index (χ3v) is 5.45. The molecule has 2 amide bonds. The number of para-hydroxylation sites is 1. The third kappa shape index (κ3) is 3.00. The van der Waals surface area contributed by atoms with Gasteiger partial charge < -0.3 is 15.5 Å². The summed E-state index contributed by atoms with van der Waals surface area (Å²) in [4.78, 5) is 28.8. The van der Waals surface area contributed by atoms with E-state index < -0.39 is 0 Å². The van der Waals surface area contributed by atoms with Gasteiger partial charge in [0.15, 0.2) is 5.69 Å². The van der Waals surface area contributed by atoms with Crippen LogP contribution in [0.25, 0.3) is 10.9 Å². The molecule has 1 aromatic carbocycles. The van der Waals surface area contributed by atoms with E-state index in [1.54, 1.807) is 4.90 Å². The summed E-state index contributed by atoms with van der Waals surface area (Å²) in [7, 11) is 0. The summed E-state index contributed by atoms with van der Waals surface area (Å²) in [5.41, 5.74) is 7.19. The SMILES string of the molecule is NC1(CC(=O)N2CCN(C(=O)c3n[nH]c4ccccc34)CC2)CCC1. The minimum Gasteiger partial charge on any atom is -0.339 e. The molecule has 0 spiro atoms. The highest BCUT2D eigenvalue weighted by atomic mass is 16.2. The number of nitrogens with one attached hydrogen (secondary N) is 1. The van der Waals surface area contributed by atoms with E-state index in [0.29, 0.717) is 38.3 Å². The zero-order chi connectivity index (χ0) is 17.4. The van der Waals surface area contributed by atoms with E-state index in [1.807, 2.05) is 29.2 Å². The molecule has 132 valence electrons. The fraction of sp³-hybridized carbons (Fsp3) is 0.500. The van der Waals surface area contributed by atoms with Gasteiger partial charge in [-0.2, -0.15) is 5.10 Å². The molecule has 1 saturated heterocycles. The topological polar surface area (TPSA) is 95.3 Å². The molecule has 4 rings (SSSR count). The number of benzene rings is 1. The van der Waals surface area contributed by atoms with E-state index in [2.05, 4.69) is 10.2 Å². The highest BCUT2D eigenvalue weighted by Crippen LogP contribution is 2.32. The minimum atomic E-state index is -0.294. The first-order chi connectivity index (χ1) is 12.1. The largest absolute Gasteiger partial charge is 0.339 e. The molecular weight excluding hydrogens is 318 g/mol. The monoisotopic (exact) mass is 341 g/mol. The number of carbonyl (C=O) groups excluding carboxylic acids is 2. The van der Waals surface area contributed by atoms with Crippen LogP contribution in [0, 0.1) is 0 Å². The van der Waals surface area contributed by atoms with Crippen LogP contribution in [-0.2, 0) is 4.79 Å². The predicted octanol–water partition coefficient (Wildman–Crippen LogP) is 1.12. The molecule has 25 heavy (non-hydrogen) atoms. The number of rotatable bonds is 3. The Bertz CT molecular complexity index is 803. The standard InChI is InChI=1S/C18H23N5O2/c19-18(6-3-7-18)12-15(24)22-8-10-23(11-9-22)17(25)16-13-4-1-2-5-14(13)20-21-16/h1-2,4-5H,3,6-12,19H2,(H,20,21). The molecule has 0 radical (unpaired) electrons. The Morgan fingerprint density at radius 1 is 1.12 bits per heavy atom. The van der Waals surface area contributed by atoms with Crippen molar-refractivity contribution in [1.29, 1.82) is 0 Å². The van der Waals surface area contributed by atoms with Gasteiger partial charge in [0, 0.05) is 43.5 Å². The fourth-order valence-electron chi connectivity index (χ4n) is 3.66. The number of fused-ring (bicyclic) bond motifs is 1. The van der Waals surface area contributed by atoms with Gasteiger partial charge in [0.2, 0.25) is 5.91 Å². The average molecular weight is 341 g/mol. The molecule has 3 N–H and O–H groups in total. The molecule has 2 fully saturated rings. The molecule has 2 aromatic rings. The van der Waals surface area contributed by atoms with Crippen LogP contribution in [0.3, 0.4) is 0 Å². The maximum absolute atomic E-state index is 12.8. The average Bonchev–Trinajstić information content (AvgIpc) is 3.04. The van der Waals surface area contributed by atoms with Gasteiger partial charge in [-0.05, 0) is 25.3 Å².